The SMILES string of the molecule is CC(C)=CCC/C(C)=C/CC/C(C)=C/CN1C(=O)c2cccc(O[C@H]3O[C@H](C(=O)O)[C@@H](O)[C@H](O)[C@H]3O)c2Nc2c(O)cc(O[C@@H]3O[C@@H](C(=O)O)[C@H](O)[C@@H](O)[C@@H]3O)cc21. The summed E-state index contributed by atoms with van der Waals surface area (Å²) in [6.07, 6.45) is -10.0. The summed E-state index contributed by atoms with van der Waals surface area (Å²) in [6, 6.07) is 6.57. The molecule has 2 saturated heterocycles. The average molecular weight is 815 g/mol. The average Bonchev–Trinajstić information content (AvgIpc) is 3.28. The Kier molecular flexibility index (Phi) is 14.2. The number of allylic oxidation sites excluding steroid dienone is 5. The van der Waals surface area contributed by atoms with E-state index in [1.807, 2.05) is 13.0 Å². The second kappa shape index (κ2) is 18.7. The molecule has 0 radical (unpaired) electrons. The molecule has 58 heavy (non-hydrogen) atoms. The van der Waals surface area contributed by atoms with Gasteiger partial charge in [0.15, 0.2) is 12.2 Å². The topological polar surface area (TPSA) is 285 Å². The largest absolute Gasteiger partial charge is 0.506 e. The minimum absolute atomic E-state index is 0.0142. The minimum atomic E-state index is -1.99. The molecule has 0 aliphatic carbocycles. The van der Waals surface area contributed by atoms with Crippen molar-refractivity contribution in [2.24, 2.45) is 0 Å². The van der Waals surface area contributed by atoms with Gasteiger partial charge in [0.2, 0.25) is 12.6 Å². The van der Waals surface area contributed by atoms with E-state index >= 15 is 0 Å². The zero-order chi connectivity index (χ0) is 42.6. The number of aromatic hydroxyl groups is 1. The predicted octanol–water partition coefficient (Wildman–Crippen LogP) is 2.06. The van der Waals surface area contributed by atoms with Gasteiger partial charge in [-0.1, -0.05) is 41.0 Å². The molecule has 3 heterocycles. The summed E-state index contributed by atoms with van der Waals surface area (Å²) in [6.45, 7) is 8.01. The van der Waals surface area contributed by atoms with Gasteiger partial charge in [-0.2, -0.15) is 0 Å². The number of ether oxygens (including phenoxy) is 4. The van der Waals surface area contributed by atoms with E-state index in [-0.39, 0.29) is 40.7 Å². The fraction of sp³-hybridized carbons (Fsp3) is 0.475. The molecular formula is C40H50N2O16. The van der Waals surface area contributed by atoms with Crippen LogP contribution in [0, 0.1) is 0 Å². The maximum Gasteiger partial charge on any atom is 0.335 e. The van der Waals surface area contributed by atoms with Crippen LogP contribution in [0.5, 0.6) is 17.2 Å². The Bertz CT molecular complexity index is 1940. The monoisotopic (exact) mass is 814 g/mol. The van der Waals surface area contributed by atoms with Crippen molar-refractivity contribution in [3.63, 3.8) is 0 Å². The Morgan fingerprint density at radius 1 is 0.741 bits per heavy atom. The molecule has 0 saturated carbocycles. The third kappa shape index (κ3) is 9.79. The number of carboxylic acid groups (broad SMARTS) is 2. The molecule has 2 fully saturated rings. The highest BCUT2D eigenvalue weighted by Crippen LogP contribution is 2.47. The minimum Gasteiger partial charge on any atom is -0.506 e. The summed E-state index contributed by atoms with van der Waals surface area (Å²) in [4.78, 5) is 39.2. The van der Waals surface area contributed by atoms with Crippen LogP contribution in [0.4, 0.5) is 17.1 Å². The van der Waals surface area contributed by atoms with Gasteiger partial charge in [-0.3, -0.25) is 4.79 Å². The van der Waals surface area contributed by atoms with Crippen LogP contribution in [0.15, 0.2) is 65.3 Å². The molecule has 0 spiro atoms. The first-order chi connectivity index (χ1) is 27.4. The third-order valence-corrected chi connectivity index (χ3v) is 9.98. The zero-order valence-corrected chi connectivity index (χ0v) is 32.3. The number of nitrogens with one attached hydrogen (secondary N) is 1. The smallest absolute Gasteiger partial charge is 0.335 e. The number of hydrogen-bond acceptors (Lipinski definition) is 15. The summed E-state index contributed by atoms with van der Waals surface area (Å²) < 4.78 is 22.1. The molecule has 3 aliphatic rings. The van der Waals surface area contributed by atoms with Crippen molar-refractivity contribution >= 4 is 34.9 Å². The third-order valence-electron chi connectivity index (χ3n) is 9.98. The van der Waals surface area contributed by atoms with E-state index in [1.165, 1.54) is 40.3 Å². The van der Waals surface area contributed by atoms with Crippen LogP contribution in [0.25, 0.3) is 0 Å². The van der Waals surface area contributed by atoms with Gasteiger partial charge in [0.05, 0.1) is 16.9 Å². The van der Waals surface area contributed by atoms with Gasteiger partial charge in [-0.15, -0.1) is 0 Å². The molecule has 18 nitrogen and oxygen atoms in total. The van der Waals surface area contributed by atoms with Crippen LogP contribution in [0.1, 0.15) is 63.7 Å². The number of rotatable bonds is 14. The highest BCUT2D eigenvalue weighted by Gasteiger charge is 2.49. The molecule has 2 aromatic carbocycles. The van der Waals surface area contributed by atoms with Crippen LogP contribution in [-0.2, 0) is 19.1 Å². The number of phenolic OH excluding ortho intramolecular Hbond substituents is 1. The van der Waals surface area contributed by atoms with E-state index < -0.39 is 85.0 Å². The number of fused-ring (bicyclic) bond motifs is 2. The highest BCUT2D eigenvalue weighted by atomic mass is 16.7. The maximum atomic E-state index is 14.5. The lowest BCUT2D eigenvalue weighted by molar-refractivity contribution is -0.271. The summed E-state index contributed by atoms with van der Waals surface area (Å²) in [5.74, 6) is -4.88. The van der Waals surface area contributed by atoms with Crippen molar-refractivity contribution in [2.75, 3.05) is 16.8 Å². The first kappa shape index (κ1) is 44.1. The molecule has 3 aliphatic heterocycles. The Morgan fingerprint density at radius 3 is 1.86 bits per heavy atom. The van der Waals surface area contributed by atoms with Crippen molar-refractivity contribution in [2.45, 2.75) is 115 Å². The van der Waals surface area contributed by atoms with Gasteiger partial charge in [-0.25, -0.2) is 9.59 Å². The van der Waals surface area contributed by atoms with Crippen molar-refractivity contribution in [3.05, 3.63) is 70.8 Å². The summed E-state index contributed by atoms with van der Waals surface area (Å²) in [5, 5.41) is 95.7. The lowest BCUT2D eigenvalue weighted by atomic mass is 9.99. The van der Waals surface area contributed by atoms with E-state index in [4.69, 9.17) is 18.9 Å². The zero-order valence-electron chi connectivity index (χ0n) is 32.3. The summed E-state index contributed by atoms with van der Waals surface area (Å²) in [7, 11) is 0. The number of aliphatic hydroxyl groups is 6. The van der Waals surface area contributed by atoms with Crippen LogP contribution < -0.4 is 19.7 Å². The molecule has 5 rings (SSSR count). The van der Waals surface area contributed by atoms with Crippen molar-refractivity contribution in [3.8, 4) is 17.2 Å². The van der Waals surface area contributed by atoms with E-state index in [1.54, 1.807) is 0 Å². The van der Waals surface area contributed by atoms with Gasteiger partial charge >= 0.3 is 11.9 Å². The van der Waals surface area contributed by atoms with Gasteiger partial charge in [0, 0.05) is 18.7 Å². The van der Waals surface area contributed by atoms with Gasteiger partial charge in [0.1, 0.15) is 59.6 Å². The van der Waals surface area contributed by atoms with Gasteiger partial charge < -0.3 is 75.1 Å². The molecule has 10 N–H and O–H groups in total. The summed E-state index contributed by atoms with van der Waals surface area (Å²) >= 11 is 0. The first-order valence-electron chi connectivity index (χ1n) is 18.6. The number of amides is 1. The molecule has 0 aromatic heterocycles. The number of nitrogens with zero attached hydrogens (tertiary/aromatic N) is 1. The molecule has 18 heteroatoms. The van der Waals surface area contributed by atoms with E-state index in [2.05, 4.69) is 38.2 Å². The van der Waals surface area contributed by atoms with Crippen LogP contribution >= 0.6 is 0 Å². The predicted molar refractivity (Wildman–Crippen MR) is 205 cm³/mol. The number of hydrogen-bond donors (Lipinski definition) is 10. The number of carboxylic acids is 2. The number of aliphatic carboxylic acids is 2. The molecular weight excluding hydrogens is 764 g/mol. The van der Waals surface area contributed by atoms with Gasteiger partial charge in [-0.05, 0) is 65.5 Å². The molecule has 2 aromatic rings. The number of carbonyl (C=O) groups excluding carboxylic acids is 1. The fourth-order valence-corrected chi connectivity index (χ4v) is 6.64. The molecule has 0 unspecified atom stereocenters. The van der Waals surface area contributed by atoms with E-state index in [0.717, 1.165) is 30.9 Å². The van der Waals surface area contributed by atoms with E-state index in [0.29, 0.717) is 6.42 Å². The second-order valence-corrected chi connectivity index (χ2v) is 14.7. The normalized spacial score (nSPS) is 28.7. The van der Waals surface area contributed by atoms with Crippen LogP contribution in [0.3, 0.4) is 0 Å². The van der Waals surface area contributed by atoms with E-state index in [9.17, 15) is 60.3 Å². The van der Waals surface area contributed by atoms with Gasteiger partial charge in [0.25, 0.3) is 5.91 Å². The number of aliphatic hydroxyl groups excluding tert-OH is 6. The highest BCUT2D eigenvalue weighted by molar-refractivity contribution is 6.15. The first-order valence-corrected chi connectivity index (χ1v) is 18.6. The number of benzene rings is 2. The Hall–Kier alpha value is -5.05. The van der Waals surface area contributed by atoms with Crippen molar-refractivity contribution < 1.29 is 79.3 Å². The van der Waals surface area contributed by atoms with Crippen LogP contribution in [0.2, 0.25) is 0 Å². The number of carbonyl (C=O) groups is 3. The second-order valence-electron chi connectivity index (χ2n) is 14.7. The Morgan fingerprint density at radius 2 is 1.29 bits per heavy atom. The number of para-hydroxylation sites is 1. The van der Waals surface area contributed by atoms with Crippen molar-refractivity contribution in [1.29, 1.82) is 0 Å². The Labute approximate surface area is 333 Å². The molecule has 10 atom stereocenters. The van der Waals surface area contributed by atoms with Crippen LogP contribution in [-0.4, -0.2) is 132 Å². The molecule has 0 bridgehead atoms. The standard InChI is InChI=1S/C40H50N2O16/c1-18(2)8-5-9-19(3)10-6-11-20(4)14-15-42-23-16-21(55-39-32(48)28(44)30(46)34(57-39)37(51)52)17-24(43)27(23)41-26-22(36(42)50)12-7-13-25(26)56-40-33(49)29(45)31(47)35(58-40)38(53)54/h7-8,10,12-14,16-17,28-35,39-41,43-49H,5-6,9,11,15H2,1-4H3,(H,51,52)(H,53,54)/b19-10+,20-14+/t28-,29+,30-,31+,32+,33-,34-,35+,39-,40+/m1/s1. The molecule has 316 valence electrons. The number of phenols is 1. The fourth-order valence-electron chi connectivity index (χ4n) is 6.64. The lowest BCUT2D eigenvalue weighted by Crippen LogP contribution is -2.61. The number of anilines is 3. The maximum absolute atomic E-state index is 14.5. The molecule has 1 amide bonds. The Balaban J connectivity index is 1.50. The van der Waals surface area contributed by atoms with Crippen molar-refractivity contribution in [1.82, 2.24) is 0 Å². The quantitative estimate of drug-likeness (QED) is 0.0965. The summed E-state index contributed by atoms with van der Waals surface area (Å²) in [5.41, 5.74) is 3.27. The lowest BCUT2D eigenvalue weighted by Gasteiger charge is -2.38.